The van der Waals surface area contributed by atoms with E-state index in [-0.39, 0.29) is 5.91 Å². The van der Waals surface area contributed by atoms with Gasteiger partial charge in [-0.3, -0.25) is 4.79 Å². The van der Waals surface area contributed by atoms with Gasteiger partial charge in [-0.25, -0.2) is 0 Å². The molecule has 0 aromatic heterocycles. The largest absolute Gasteiger partial charge is 0.332 e. The first-order valence-electron chi connectivity index (χ1n) is 4.53. The Bertz CT molecular complexity index is 230. The number of hydrogen-bond donors (Lipinski definition) is 0. The van der Waals surface area contributed by atoms with Crippen LogP contribution in [0, 0.1) is 18.3 Å². The summed E-state index contributed by atoms with van der Waals surface area (Å²) in [5, 5.41) is 0. The van der Waals surface area contributed by atoms with Crippen LogP contribution in [-0.2, 0) is 4.79 Å². The van der Waals surface area contributed by atoms with Crippen LogP contribution in [-0.4, -0.2) is 49.4 Å². The average Bonchev–Trinajstić information content (AvgIpc) is 2.50. The third-order valence-electron chi connectivity index (χ3n) is 2.32. The fourth-order valence-electron chi connectivity index (χ4n) is 1.77. The van der Waals surface area contributed by atoms with Crippen LogP contribution in [0.1, 0.15) is 6.42 Å². The quantitative estimate of drug-likeness (QED) is 0.560. The second kappa shape index (κ2) is 4.29. The molecule has 3 heteroatoms. The second-order valence-corrected chi connectivity index (χ2v) is 3.81. The maximum atomic E-state index is 11.1. The van der Waals surface area contributed by atoms with Gasteiger partial charge in [0.2, 0.25) is 0 Å². The van der Waals surface area contributed by atoms with Crippen LogP contribution >= 0.6 is 0 Å². The van der Waals surface area contributed by atoms with Crippen LogP contribution in [0.15, 0.2) is 0 Å². The fourth-order valence-corrected chi connectivity index (χ4v) is 1.77. The van der Waals surface area contributed by atoms with Crippen molar-refractivity contribution in [3.63, 3.8) is 0 Å². The van der Waals surface area contributed by atoms with E-state index < -0.39 is 0 Å². The molecule has 0 aromatic rings. The zero-order valence-corrected chi connectivity index (χ0v) is 8.29. The standard InChI is InChI=1S/C10H16N2O/c1-4-10(13)12-6-5-9(8-12)7-11(2)3/h1,9H,5-8H2,2-3H3. The van der Waals surface area contributed by atoms with Crippen LogP contribution in [0.5, 0.6) is 0 Å². The highest BCUT2D eigenvalue weighted by Gasteiger charge is 2.25. The minimum atomic E-state index is -0.166. The molecule has 3 nitrogen and oxygen atoms in total. The number of rotatable bonds is 2. The number of nitrogens with zero attached hydrogens (tertiary/aromatic N) is 2. The molecule has 1 aliphatic rings. The number of terminal acetylenes is 1. The van der Waals surface area contributed by atoms with Gasteiger partial charge in [-0.15, -0.1) is 6.42 Å². The van der Waals surface area contributed by atoms with Gasteiger partial charge in [0, 0.05) is 19.6 Å². The van der Waals surface area contributed by atoms with Crippen molar-refractivity contribution >= 4 is 5.91 Å². The lowest BCUT2D eigenvalue weighted by molar-refractivity contribution is -0.124. The highest BCUT2D eigenvalue weighted by Crippen LogP contribution is 2.16. The Hall–Kier alpha value is -1.01. The second-order valence-electron chi connectivity index (χ2n) is 3.81. The Kier molecular flexibility index (Phi) is 3.32. The Morgan fingerprint density at radius 2 is 2.38 bits per heavy atom. The topological polar surface area (TPSA) is 23.6 Å². The van der Waals surface area contributed by atoms with Crippen LogP contribution < -0.4 is 0 Å². The lowest BCUT2D eigenvalue weighted by Crippen LogP contribution is -2.29. The molecule has 1 rings (SSSR count). The molecule has 1 amide bonds. The zero-order valence-electron chi connectivity index (χ0n) is 8.29. The molecule has 0 aromatic carbocycles. The van der Waals surface area contributed by atoms with E-state index in [0.29, 0.717) is 5.92 Å². The molecular formula is C10H16N2O. The summed E-state index contributed by atoms with van der Waals surface area (Å²) in [6.45, 7) is 2.68. The maximum Gasteiger partial charge on any atom is 0.298 e. The molecule has 0 N–H and O–H groups in total. The van der Waals surface area contributed by atoms with E-state index in [1.807, 2.05) is 14.1 Å². The summed E-state index contributed by atoms with van der Waals surface area (Å²) in [5.74, 6) is 2.58. The predicted molar refractivity (Wildman–Crippen MR) is 52.1 cm³/mol. The summed E-state index contributed by atoms with van der Waals surface area (Å²) in [6.07, 6.45) is 6.12. The van der Waals surface area contributed by atoms with Gasteiger partial charge in [-0.1, -0.05) is 0 Å². The van der Waals surface area contributed by atoms with Crippen molar-refractivity contribution in [2.75, 3.05) is 33.7 Å². The van der Waals surface area contributed by atoms with E-state index in [4.69, 9.17) is 6.42 Å². The van der Waals surface area contributed by atoms with Crippen LogP contribution in [0.3, 0.4) is 0 Å². The van der Waals surface area contributed by atoms with Gasteiger partial charge < -0.3 is 9.80 Å². The molecule has 1 unspecified atom stereocenters. The number of likely N-dealkylation sites (tertiary alicyclic amines) is 1. The number of hydrogen-bond acceptors (Lipinski definition) is 2. The Labute approximate surface area is 79.7 Å². The fraction of sp³-hybridized carbons (Fsp3) is 0.700. The van der Waals surface area contributed by atoms with E-state index in [1.165, 1.54) is 0 Å². The first-order valence-corrected chi connectivity index (χ1v) is 4.53. The molecule has 13 heavy (non-hydrogen) atoms. The van der Waals surface area contributed by atoms with Crippen LogP contribution in [0.25, 0.3) is 0 Å². The molecule has 0 aliphatic carbocycles. The van der Waals surface area contributed by atoms with Gasteiger partial charge in [0.15, 0.2) is 0 Å². The van der Waals surface area contributed by atoms with E-state index >= 15 is 0 Å². The minimum Gasteiger partial charge on any atom is -0.332 e. The van der Waals surface area contributed by atoms with Crippen molar-refractivity contribution in [2.24, 2.45) is 5.92 Å². The number of carbonyl (C=O) groups excluding carboxylic acids is 1. The van der Waals surface area contributed by atoms with Crippen molar-refractivity contribution in [2.45, 2.75) is 6.42 Å². The molecule has 1 heterocycles. The molecule has 1 atom stereocenters. The zero-order chi connectivity index (χ0) is 9.84. The van der Waals surface area contributed by atoms with E-state index in [0.717, 1.165) is 26.1 Å². The normalized spacial score (nSPS) is 22.0. The summed E-state index contributed by atoms with van der Waals surface area (Å²) >= 11 is 0. The van der Waals surface area contributed by atoms with Gasteiger partial charge in [-0.05, 0) is 32.4 Å². The summed E-state index contributed by atoms with van der Waals surface area (Å²) < 4.78 is 0. The first-order chi connectivity index (χ1) is 6.13. The van der Waals surface area contributed by atoms with Crippen LogP contribution in [0.4, 0.5) is 0 Å². The molecule has 0 bridgehead atoms. The SMILES string of the molecule is C#CC(=O)N1CCC(CN(C)C)C1. The first kappa shape index (κ1) is 10.1. The highest BCUT2D eigenvalue weighted by molar-refractivity contribution is 5.93. The van der Waals surface area contributed by atoms with Gasteiger partial charge in [0.05, 0.1) is 0 Å². The Morgan fingerprint density at radius 3 is 2.92 bits per heavy atom. The third kappa shape index (κ3) is 2.74. The summed E-state index contributed by atoms with van der Waals surface area (Å²) in [7, 11) is 4.09. The van der Waals surface area contributed by atoms with Crippen molar-refractivity contribution in [1.29, 1.82) is 0 Å². The van der Waals surface area contributed by atoms with Crippen molar-refractivity contribution in [1.82, 2.24) is 9.80 Å². The molecule has 1 saturated heterocycles. The van der Waals surface area contributed by atoms with Crippen molar-refractivity contribution in [3.8, 4) is 12.3 Å². The van der Waals surface area contributed by atoms with Gasteiger partial charge >= 0.3 is 0 Å². The minimum absolute atomic E-state index is 0.166. The molecule has 0 spiro atoms. The predicted octanol–water partition coefficient (Wildman–Crippen LogP) is 0.0297. The van der Waals surface area contributed by atoms with E-state index in [9.17, 15) is 4.79 Å². The number of carbonyl (C=O) groups is 1. The van der Waals surface area contributed by atoms with Crippen LogP contribution in [0.2, 0.25) is 0 Å². The molecule has 0 radical (unpaired) electrons. The lowest BCUT2D eigenvalue weighted by Gasteiger charge is -2.16. The smallest absolute Gasteiger partial charge is 0.298 e. The summed E-state index contributed by atoms with van der Waals surface area (Å²) in [6, 6.07) is 0. The van der Waals surface area contributed by atoms with Gasteiger partial charge in [-0.2, -0.15) is 0 Å². The summed E-state index contributed by atoms with van der Waals surface area (Å²) in [5.41, 5.74) is 0. The molecule has 72 valence electrons. The summed E-state index contributed by atoms with van der Waals surface area (Å²) in [4.78, 5) is 15.0. The Balaban J connectivity index is 2.37. The van der Waals surface area contributed by atoms with Crippen molar-refractivity contribution in [3.05, 3.63) is 0 Å². The molecule has 0 saturated carbocycles. The average molecular weight is 180 g/mol. The molecule has 1 fully saturated rings. The lowest BCUT2D eigenvalue weighted by atomic mass is 10.1. The monoisotopic (exact) mass is 180 g/mol. The van der Waals surface area contributed by atoms with E-state index in [1.54, 1.807) is 4.90 Å². The van der Waals surface area contributed by atoms with Gasteiger partial charge in [0.1, 0.15) is 0 Å². The highest BCUT2D eigenvalue weighted by atomic mass is 16.2. The number of amides is 1. The maximum absolute atomic E-state index is 11.1. The van der Waals surface area contributed by atoms with Crippen molar-refractivity contribution < 1.29 is 4.79 Å². The van der Waals surface area contributed by atoms with E-state index in [2.05, 4.69) is 10.8 Å². The molecule has 1 aliphatic heterocycles. The third-order valence-corrected chi connectivity index (χ3v) is 2.32. The van der Waals surface area contributed by atoms with Gasteiger partial charge in [0.25, 0.3) is 5.91 Å². The molecular weight excluding hydrogens is 164 g/mol. The Morgan fingerprint density at radius 1 is 1.69 bits per heavy atom.